The zero-order valence-electron chi connectivity index (χ0n) is 9.13. The van der Waals surface area contributed by atoms with E-state index in [0.29, 0.717) is 6.42 Å². The first-order valence-corrected chi connectivity index (χ1v) is 5.78. The number of nitrogens with zero attached hydrogens (tertiary/aromatic N) is 1. The molecule has 1 aliphatic rings. The van der Waals surface area contributed by atoms with Crippen LogP contribution in [0.15, 0.2) is 0 Å². The van der Waals surface area contributed by atoms with Gasteiger partial charge in [-0.3, -0.25) is 0 Å². The zero-order chi connectivity index (χ0) is 10.4. The molecule has 0 radical (unpaired) electrons. The van der Waals surface area contributed by atoms with Crippen molar-refractivity contribution in [1.29, 1.82) is 5.26 Å². The zero-order valence-corrected chi connectivity index (χ0v) is 9.13. The van der Waals surface area contributed by atoms with Gasteiger partial charge in [0.2, 0.25) is 0 Å². The fraction of sp³-hybridized carbons (Fsp3) is 0.917. The average Bonchev–Trinajstić information content (AvgIpc) is 2.09. The van der Waals surface area contributed by atoms with Crippen molar-refractivity contribution in [2.24, 2.45) is 5.41 Å². The largest absolute Gasteiger partial charge is 0.393 e. The number of nitriles is 1. The molecule has 0 bridgehead atoms. The van der Waals surface area contributed by atoms with Crippen LogP contribution in [0.4, 0.5) is 0 Å². The summed E-state index contributed by atoms with van der Waals surface area (Å²) in [5, 5.41) is 18.7. The van der Waals surface area contributed by atoms with E-state index in [1.54, 1.807) is 6.92 Å². The van der Waals surface area contributed by atoms with Gasteiger partial charge in [-0.05, 0) is 26.2 Å². The second-order valence-electron chi connectivity index (χ2n) is 4.71. The lowest BCUT2D eigenvalue weighted by Gasteiger charge is -2.29. The van der Waals surface area contributed by atoms with Crippen molar-refractivity contribution in [2.45, 2.75) is 64.4 Å². The lowest BCUT2D eigenvalue weighted by molar-refractivity contribution is 0.122. The maximum atomic E-state index is 9.41. The van der Waals surface area contributed by atoms with Crippen molar-refractivity contribution < 1.29 is 5.11 Å². The Morgan fingerprint density at radius 2 is 1.71 bits per heavy atom. The van der Waals surface area contributed by atoms with Crippen molar-refractivity contribution in [3.63, 3.8) is 0 Å². The molecule has 0 aromatic carbocycles. The van der Waals surface area contributed by atoms with Crippen LogP contribution in [0.5, 0.6) is 0 Å². The maximum Gasteiger partial charge on any atom is 0.0690 e. The molecule has 0 heterocycles. The fourth-order valence-corrected chi connectivity index (χ4v) is 2.51. The minimum Gasteiger partial charge on any atom is -0.393 e. The molecule has 0 amide bonds. The Morgan fingerprint density at radius 3 is 2.14 bits per heavy atom. The SMILES string of the molecule is CC(O)CC1(C#N)CCCCCCC1. The number of aliphatic hydroxyl groups is 1. The van der Waals surface area contributed by atoms with Gasteiger partial charge in [-0.15, -0.1) is 0 Å². The highest BCUT2D eigenvalue weighted by Crippen LogP contribution is 2.37. The highest BCUT2D eigenvalue weighted by molar-refractivity contribution is 5.00. The van der Waals surface area contributed by atoms with Crippen LogP contribution in [0.25, 0.3) is 0 Å². The number of hydrogen-bond acceptors (Lipinski definition) is 2. The molecule has 1 fully saturated rings. The third kappa shape index (κ3) is 3.31. The first kappa shape index (κ1) is 11.5. The second kappa shape index (κ2) is 5.36. The quantitative estimate of drug-likeness (QED) is 0.736. The Bertz CT molecular complexity index is 197. The van der Waals surface area contributed by atoms with E-state index in [4.69, 9.17) is 0 Å². The molecule has 2 heteroatoms. The van der Waals surface area contributed by atoms with Crippen LogP contribution in [-0.4, -0.2) is 11.2 Å². The molecule has 1 aliphatic carbocycles. The molecule has 1 N–H and O–H groups in total. The van der Waals surface area contributed by atoms with E-state index >= 15 is 0 Å². The fourth-order valence-electron chi connectivity index (χ4n) is 2.51. The minimum absolute atomic E-state index is 0.228. The molecular formula is C12H21NO. The summed E-state index contributed by atoms with van der Waals surface area (Å²) in [7, 11) is 0. The van der Waals surface area contributed by atoms with E-state index in [1.165, 1.54) is 19.3 Å². The highest BCUT2D eigenvalue weighted by atomic mass is 16.3. The summed E-state index contributed by atoms with van der Waals surface area (Å²) >= 11 is 0. The Hall–Kier alpha value is -0.550. The Balaban J connectivity index is 2.59. The summed E-state index contributed by atoms with van der Waals surface area (Å²) in [6.07, 6.45) is 8.41. The Kier molecular flexibility index (Phi) is 4.41. The smallest absolute Gasteiger partial charge is 0.0690 e. The Labute approximate surface area is 86.9 Å². The van der Waals surface area contributed by atoms with Gasteiger partial charge in [0.1, 0.15) is 0 Å². The second-order valence-corrected chi connectivity index (χ2v) is 4.71. The molecule has 0 aromatic heterocycles. The summed E-state index contributed by atoms with van der Waals surface area (Å²) in [4.78, 5) is 0. The molecular weight excluding hydrogens is 174 g/mol. The maximum absolute atomic E-state index is 9.41. The van der Waals surface area contributed by atoms with Gasteiger partial charge >= 0.3 is 0 Å². The predicted molar refractivity (Wildman–Crippen MR) is 56.7 cm³/mol. The molecule has 0 saturated heterocycles. The molecule has 14 heavy (non-hydrogen) atoms. The van der Waals surface area contributed by atoms with Crippen LogP contribution in [-0.2, 0) is 0 Å². The summed E-state index contributed by atoms with van der Waals surface area (Å²) < 4.78 is 0. The van der Waals surface area contributed by atoms with Crippen molar-refractivity contribution in [2.75, 3.05) is 0 Å². The third-order valence-corrected chi connectivity index (χ3v) is 3.23. The average molecular weight is 195 g/mol. The van der Waals surface area contributed by atoms with Gasteiger partial charge in [-0.2, -0.15) is 5.26 Å². The topological polar surface area (TPSA) is 44.0 Å². The van der Waals surface area contributed by atoms with Crippen LogP contribution in [0.3, 0.4) is 0 Å². The molecule has 2 nitrogen and oxygen atoms in total. The molecule has 0 aliphatic heterocycles. The van der Waals surface area contributed by atoms with Crippen LogP contribution in [0.2, 0.25) is 0 Å². The number of aliphatic hydroxyl groups excluding tert-OH is 1. The van der Waals surface area contributed by atoms with Gasteiger partial charge < -0.3 is 5.11 Å². The normalized spacial score (nSPS) is 24.4. The van der Waals surface area contributed by atoms with Crippen molar-refractivity contribution in [3.05, 3.63) is 0 Å². The monoisotopic (exact) mass is 195 g/mol. The van der Waals surface area contributed by atoms with E-state index in [-0.39, 0.29) is 11.5 Å². The van der Waals surface area contributed by atoms with Crippen LogP contribution in [0, 0.1) is 16.7 Å². The molecule has 80 valence electrons. The summed E-state index contributed by atoms with van der Waals surface area (Å²) in [5.74, 6) is 0. The molecule has 1 atom stereocenters. The van der Waals surface area contributed by atoms with Crippen LogP contribution >= 0.6 is 0 Å². The van der Waals surface area contributed by atoms with E-state index in [2.05, 4.69) is 6.07 Å². The lowest BCUT2D eigenvalue weighted by Crippen LogP contribution is -2.25. The molecule has 1 saturated carbocycles. The first-order chi connectivity index (χ1) is 6.68. The standard InChI is InChI=1S/C12H21NO/c1-11(14)9-12(10-13)7-5-3-2-4-6-8-12/h11,14H,2-9H2,1H3. The van der Waals surface area contributed by atoms with E-state index in [9.17, 15) is 10.4 Å². The van der Waals surface area contributed by atoms with Crippen LogP contribution in [0.1, 0.15) is 58.3 Å². The number of rotatable bonds is 2. The minimum atomic E-state index is -0.339. The van der Waals surface area contributed by atoms with Gasteiger partial charge in [0.25, 0.3) is 0 Å². The van der Waals surface area contributed by atoms with Gasteiger partial charge in [0, 0.05) is 0 Å². The van der Waals surface area contributed by atoms with E-state index in [1.807, 2.05) is 0 Å². The lowest BCUT2D eigenvalue weighted by atomic mass is 9.74. The van der Waals surface area contributed by atoms with Crippen molar-refractivity contribution >= 4 is 0 Å². The molecule has 0 spiro atoms. The van der Waals surface area contributed by atoms with E-state index < -0.39 is 0 Å². The predicted octanol–water partition coefficient (Wildman–Crippen LogP) is 3.01. The Morgan fingerprint density at radius 1 is 1.21 bits per heavy atom. The molecule has 1 rings (SSSR count). The number of hydrogen-bond donors (Lipinski definition) is 1. The van der Waals surface area contributed by atoms with Gasteiger partial charge in [-0.25, -0.2) is 0 Å². The van der Waals surface area contributed by atoms with Gasteiger partial charge in [-0.1, -0.05) is 32.1 Å². The van der Waals surface area contributed by atoms with Gasteiger partial charge in [0.05, 0.1) is 17.6 Å². The first-order valence-electron chi connectivity index (χ1n) is 5.78. The van der Waals surface area contributed by atoms with Crippen molar-refractivity contribution in [3.8, 4) is 6.07 Å². The van der Waals surface area contributed by atoms with E-state index in [0.717, 1.165) is 25.7 Å². The molecule has 1 unspecified atom stereocenters. The summed E-state index contributed by atoms with van der Waals surface area (Å²) in [5.41, 5.74) is -0.228. The third-order valence-electron chi connectivity index (χ3n) is 3.23. The van der Waals surface area contributed by atoms with Gasteiger partial charge in [0.15, 0.2) is 0 Å². The molecule has 0 aromatic rings. The summed E-state index contributed by atoms with van der Waals surface area (Å²) in [6, 6.07) is 2.46. The van der Waals surface area contributed by atoms with Crippen LogP contribution < -0.4 is 0 Å². The summed E-state index contributed by atoms with van der Waals surface area (Å²) in [6.45, 7) is 1.79. The van der Waals surface area contributed by atoms with Crippen molar-refractivity contribution in [1.82, 2.24) is 0 Å². The highest BCUT2D eigenvalue weighted by Gasteiger charge is 2.31.